The van der Waals surface area contributed by atoms with E-state index in [2.05, 4.69) is 9.80 Å². The number of carbonyl (C=O) groups excluding carboxylic acids is 2. The predicted octanol–water partition coefficient (Wildman–Crippen LogP) is 1.97. The Bertz CT molecular complexity index is 403. The minimum absolute atomic E-state index is 0.0824. The molecule has 2 rings (SSSR count). The molecule has 0 saturated carbocycles. The summed E-state index contributed by atoms with van der Waals surface area (Å²) in [6, 6.07) is 0.224. The van der Waals surface area contributed by atoms with Crippen LogP contribution in [0.1, 0.15) is 52.4 Å². The van der Waals surface area contributed by atoms with Crippen LogP contribution in [0.25, 0.3) is 0 Å². The molecule has 2 heterocycles. The Labute approximate surface area is 141 Å². The molecule has 0 radical (unpaired) electrons. The van der Waals surface area contributed by atoms with Gasteiger partial charge in [0.15, 0.2) is 0 Å². The molecule has 0 aromatic carbocycles. The summed E-state index contributed by atoms with van der Waals surface area (Å²) in [6.07, 6.45) is 6.76. The number of amides is 2. The van der Waals surface area contributed by atoms with Crippen molar-refractivity contribution in [1.82, 2.24) is 14.7 Å². The lowest BCUT2D eigenvalue weighted by Gasteiger charge is -2.35. The van der Waals surface area contributed by atoms with Gasteiger partial charge in [0.05, 0.1) is 12.5 Å². The molecule has 2 fully saturated rings. The largest absolute Gasteiger partial charge is 0.342 e. The fraction of sp³-hybridized carbons (Fsp3) is 0.889. The molecule has 2 aliphatic rings. The SMILES string of the molecule is CC(C)N(C)C(=O)CN1CCC[C@H](C(=O)N2CCCCCC2)C1. The van der Waals surface area contributed by atoms with E-state index in [1.54, 1.807) is 4.90 Å². The fourth-order valence-electron chi connectivity index (χ4n) is 3.54. The molecule has 23 heavy (non-hydrogen) atoms. The van der Waals surface area contributed by atoms with E-state index in [0.29, 0.717) is 12.5 Å². The summed E-state index contributed by atoms with van der Waals surface area (Å²) >= 11 is 0. The van der Waals surface area contributed by atoms with Crippen molar-refractivity contribution in [2.24, 2.45) is 5.92 Å². The van der Waals surface area contributed by atoms with Crippen LogP contribution in [0.15, 0.2) is 0 Å². The number of hydrogen-bond donors (Lipinski definition) is 0. The zero-order valence-corrected chi connectivity index (χ0v) is 15.1. The van der Waals surface area contributed by atoms with Crippen molar-refractivity contribution in [1.29, 1.82) is 0 Å². The summed E-state index contributed by atoms with van der Waals surface area (Å²) in [4.78, 5) is 31.1. The second-order valence-electron chi connectivity index (χ2n) is 7.41. The van der Waals surface area contributed by atoms with Crippen LogP contribution in [0, 0.1) is 5.92 Å². The van der Waals surface area contributed by atoms with Gasteiger partial charge in [0.25, 0.3) is 0 Å². The summed E-state index contributed by atoms with van der Waals surface area (Å²) in [5.74, 6) is 0.558. The van der Waals surface area contributed by atoms with Gasteiger partial charge in [-0.3, -0.25) is 14.5 Å². The van der Waals surface area contributed by atoms with E-state index < -0.39 is 0 Å². The third kappa shape index (κ3) is 5.20. The second kappa shape index (κ2) is 8.67. The van der Waals surface area contributed by atoms with Crippen molar-refractivity contribution >= 4 is 11.8 Å². The monoisotopic (exact) mass is 323 g/mol. The molecule has 0 spiro atoms. The molecule has 1 atom stereocenters. The highest BCUT2D eigenvalue weighted by atomic mass is 16.2. The summed E-state index contributed by atoms with van der Waals surface area (Å²) in [5, 5.41) is 0. The number of hydrogen-bond acceptors (Lipinski definition) is 3. The van der Waals surface area contributed by atoms with Gasteiger partial charge >= 0.3 is 0 Å². The number of rotatable bonds is 4. The maximum atomic E-state index is 12.8. The van der Waals surface area contributed by atoms with Crippen molar-refractivity contribution in [3.05, 3.63) is 0 Å². The number of piperidine rings is 1. The molecule has 0 N–H and O–H groups in total. The third-order valence-electron chi connectivity index (χ3n) is 5.30. The average molecular weight is 323 g/mol. The van der Waals surface area contributed by atoms with Gasteiger partial charge in [-0.05, 0) is 46.1 Å². The third-order valence-corrected chi connectivity index (χ3v) is 5.30. The molecule has 5 nitrogen and oxygen atoms in total. The van der Waals surface area contributed by atoms with E-state index in [9.17, 15) is 9.59 Å². The maximum absolute atomic E-state index is 12.8. The van der Waals surface area contributed by atoms with Crippen LogP contribution in [0.2, 0.25) is 0 Å². The van der Waals surface area contributed by atoms with E-state index in [1.807, 2.05) is 20.9 Å². The van der Waals surface area contributed by atoms with Crippen LogP contribution >= 0.6 is 0 Å². The summed E-state index contributed by atoms with van der Waals surface area (Å²) in [5.41, 5.74) is 0. The number of nitrogens with zero attached hydrogens (tertiary/aromatic N) is 3. The van der Waals surface area contributed by atoms with Crippen LogP contribution < -0.4 is 0 Å². The Hall–Kier alpha value is -1.10. The van der Waals surface area contributed by atoms with E-state index in [1.165, 1.54) is 12.8 Å². The lowest BCUT2D eigenvalue weighted by molar-refractivity contribution is -0.139. The summed E-state index contributed by atoms with van der Waals surface area (Å²) in [7, 11) is 1.86. The van der Waals surface area contributed by atoms with Gasteiger partial charge in [0, 0.05) is 32.7 Å². The van der Waals surface area contributed by atoms with Crippen LogP contribution in [-0.4, -0.2) is 72.3 Å². The molecule has 0 unspecified atom stereocenters. The lowest BCUT2D eigenvalue weighted by atomic mass is 9.96. The first kappa shape index (κ1) is 18.2. The molecule has 2 aliphatic heterocycles. The summed E-state index contributed by atoms with van der Waals surface area (Å²) in [6.45, 7) is 8.02. The molecule has 0 bridgehead atoms. The Morgan fingerprint density at radius 3 is 2.30 bits per heavy atom. The van der Waals surface area contributed by atoms with E-state index in [0.717, 1.165) is 51.9 Å². The summed E-state index contributed by atoms with van der Waals surface area (Å²) < 4.78 is 0. The minimum Gasteiger partial charge on any atom is -0.342 e. The van der Waals surface area contributed by atoms with E-state index >= 15 is 0 Å². The lowest BCUT2D eigenvalue weighted by Crippen LogP contribution is -2.48. The number of likely N-dealkylation sites (tertiary alicyclic amines) is 2. The Balaban J connectivity index is 1.87. The quantitative estimate of drug-likeness (QED) is 0.794. The normalized spacial score (nSPS) is 23.7. The van der Waals surface area contributed by atoms with Gasteiger partial charge in [-0.25, -0.2) is 0 Å². The van der Waals surface area contributed by atoms with Gasteiger partial charge < -0.3 is 9.80 Å². The maximum Gasteiger partial charge on any atom is 0.236 e. The zero-order valence-electron chi connectivity index (χ0n) is 15.1. The number of likely N-dealkylation sites (N-methyl/N-ethyl adjacent to an activating group) is 1. The Morgan fingerprint density at radius 2 is 1.70 bits per heavy atom. The average Bonchev–Trinajstić information content (AvgIpc) is 2.82. The minimum atomic E-state index is 0.0824. The van der Waals surface area contributed by atoms with E-state index in [-0.39, 0.29) is 17.9 Å². The highest BCUT2D eigenvalue weighted by Crippen LogP contribution is 2.21. The molecular formula is C18H33N3O2. The zero-order chi connectivity index (χ0) is 16.8. The Kier molecular flexibility index (Phi) is 6.88. The molecule has 2 saturated heterocycles. The molecule has 5 heteroatoms. The van der Waals surface area contributed by atoms with Crippen molar-refractivity contribution < 1.29 is 9.59 Å². The molecular weight excluding hydrogens is 290 g/mol. The van der Waals surface area contributed by atoms with Crippen LogP contribution in [-0.2, 0) is 9.59 Å². The molecule has 0 aromatic heterocycles. The first-order chi connectivity index (χ1) is 11.0. The second-order valence-corrected chi connectivity index (χ2v) is 7.41. The van der Waals surface area contributed by atoms with E-state index in [4.69, 9.17) is 0 Å². The van der Waals surface area contributed by atoms with Crippen molar-refractivity contribution in [2.45, 2.75) is 58.4 Å². The molecule has 132 valence electrons. The first-order valence-corrected chi connectivity index (χ1v) is 9.26. The van der Waals surface area contributed by atoms with Crippen molar-refractivity contribution in [2.75, 3.05) is 39.8 Å². The van der Waals surface area contributed by atoms with Crippen LogP contribution in [0.5, 0.6) is 0 Å². The standard InChI is InChI=1S/C18H33N3O2/c1-15(2)19(3)17(22)14-20-10-8-9-16(13-20)18(23)21-11-6-4-5-7-12-21/h15-16H,4-14H2,1-3H3/t16-/m0/s1. The topological polar surface area (TPSA) is 43.9 Å². The van der Waals surface area contributed by atoms with Gasteiger partial charge in [-0.1, -0.05) is 12.8 Å². The van der Waals surface area contributed by atoms with Crippen molar-refractivity contribution in [3.8, 4) is 0 Å². The molecule has 0 aromatic rings. The predicted molar refractivity (Wildman–Crippen MR) is 92.1 cm³/mol. The van der Waals surface area contributed by atoms with Crippen LogP contribution in [0.4, 0.5) is 0 Å². The molecule has 0 aliphatic carbocycles. The molecule has 2 amide bonds. The van der Waals surface area contributed by atoms with Gasteiger partial charge in [0.2, 0.25) is 11.8 Å². The van der Waals surface area contributed by atoms with Crippen molar-refractivity contribution in [3.63, 3.8) is 0 Å². The highest BCUT2D eigenvalue weighted by Gasteiger charge is 2.30. The fourth-order valence-corrected chi connectivity index (χ4v) is 3.54. The van der Waals surface area contributed by atoms with Gasteiger partial charge in [0.1, 0.15) is 0 Å². The highest BCUT2D eigenvalue weighted by molar-refractivity contribution is 5.80. The smallest absolute Gasteiger partial charge is 0.236 e. The number of carbonyl (C=O) groups is 2. The first-order valence-electron chi connectivity index (χ1n) is 9.26. The van der Waals surface area contributed by atoms with Gasteiger partial charge in [-0.2, -0.15) is 0 Å². The van der Waals surface area contributed by atoms with Gasteiger partial charge in [-0.15, -0.1) is 0 Å². The Morgan fingerprint density at radius 1 is 1.04 bits per heavy atom. The van der Waals surface area contributed by atoms with Crippen LogP contribution in [0.3, 0.4) is 0 Å².